The Balaban J connectivity index is 1.30. The third kappa shape index (κ3) is 4.07. The minimum absolute atomic E-state index is 0.0963. The summed E-state index contributed by atoms with van der Waals surface area (Å²) in [6.45, 7) is 6.40. The number of nitrogens with zero attached hydrogens (tertiary/aromatic N) is 4. The van der Waals surface area contributed by atoms with Crippen LogP contribution in [0.1, 0.15) is 44.3 Å². The number of amides is 1. The lowest BCUT2D eigenvalue weighted by Crippen LogP contribution is -2.43. The molecule has 2 unspecified atom stereocenters. The third-order valence-corrected chi connectivity index (χ3v) is 7.81. The van der Waals surface area contributed by atoms with Crippen molar-refractivity contribution in [3.05, 3.63) is 17.7 Å². The van der Waals surface area contributed by atoms with Gasteiger partial charge in [-0.3, -0.25) is 14.7 Å². The lowest BCUT2D eigenvalue weighted by Gasteiger charge is -2.35. The van der Waals surface area contributed by atoms with E-state index < -0.39 is 0 Å². The van der Waals surface area contributed by atoms with Crippen LogP contribution < -0.4 is 9.47 Å². The van der Waals surface area contributed by atoms with Gasteiger partial charge in [0, 0.05) is 23.9 Å². The normalized spacial score (nSPS) is 25.7. The number of benzene rings is 1. The zero-order chi connectivity index (χ0) is 21.4. The van der Waals surface area contributed by atoms with Crippen molar-refractivity contribution >= 4 is 34.7 Å². The Labute approximate surface area is 187 Å². The van der Waals surface area contributed by atoms with Crippen LogP contribution in [0.15, 0.2) is 22.1 Å². The van der Waals surface area contributed by atoms with Gasteiger partial charge in [0.05, 0.1) is 36.7 Å². The van der Waals surface area contributed by atoms with E-state index >= 15 is 0 Å². The van der Waals surface area contributed by atoms with Crippen molar-refractivity contribution in [2.24, 2.45) is 21.8 Å². The summed E-state index contributed by atoms with van der Waals surface area (Å²) in [6.07, 6.45) is 5.68. The van der Waals surface area contributed by atoms with Crippen LogP contribution in [0.2, 0.25) is 0 Å². The van der Waals surface area contributed by atoms with Gasteiger partial charge in [-0.1, -0.05) is 6.92 Å². The van der Waals surface area contributed by atoms with Crippen LogP contribution >= 0.6 is 11.8 Å². The summed E-state index contributed by atoms with van der Waals surface area (Å²) >= 11 is 1.70. The minimum Gasteiger partial charge on any atom is -0.493 e. The van der Waals surface area contributed by atoms with Gasteiger partial charge in [-0.25, -0.2) is 4.99 Å². The summed E-state index contributed by atoms with van der Waals surface area (Å²) in [6, 6.07) is 3.85. The number of hydrogen-bond donors (Lipinski definition) is 0. The first-order valence-corrected chi connectivity index (χ1v) is 12.3. The van der Waals surface area contributed by atoms with E-state index in [9.17, 15) is 4.79 Å². The van der Waals surface area contributed by atoms with Gasteiger partial charge in [0.25, 0.3) is 0 Å². The lowest BCUT2D eigenvalue weighted by molar-refractivity contribution is -0.131. The van der Waals surface area contributed by atoms with Crippen molar-refractivity contribution in [1.82, 2.24) is 9.80 Å². The fourth-order valence-corrected chi connectivity index (χ4v) is 5.88. The molecular weight excluding hydrogens is 412 g/mol. The first-order chi connectivity index (χ1) is 15.1. The average molecular weight is 443 g/mol. The van der Waals surface area contributed by atoms with E-state index in [4.69, 9.17) is 14.5 Å². The van der Waals surface area contributed by atoms with Crippen molar-refractivity contribution in [3.63, 3.8) is 0 Å². The molecule has 0 spiro atoms. The molecule has 0 aromatic heterocycles. The second-order valence-electron chi connectivity index (χ2n) is 8.81. The number of carbonyl (C=O) groups is 1. The summed E-state index contributed by atoms with van der Waals surface area (Å²) < 4.78 is 11.7. The lowest BCUT2D eigenvalue weighted by atomic mass is 9.99. The number of aliphatic imine (C=N–C) groups is 2. The maximum atomic E-state index is 12.9. The molecule has 0 N–H and O–H groups in total. The van der Waals surface area contributed by atoms with Crippen LogP contribution in [-0.4, -0.2) is 66.2 Å². The van der Waals surface area contributed by atoms with Gasteiger partial charge < -0.3 is 14.4 Å². The van der Waals surface area contributed by atoms with Crippen LogP contribution in [0.25, 0.3) is 0 Å². The summed E-state index contributed by atoms with van der Waals surface area (Å²) in [4.78, 5) is 26.5. The van der Waals surface area contributed by atoms with E-state index in [0.717, 1.165) is 47.4 Å². The van der Waals surface area contributed by atoms with E-state index in [1.165, 1.54) is 25.9 Å². The van der Waals surface area contributed by atoms with E-state index in [1.54, 1.807) is 30.1 Å². The fourth-order valence-electron chi connectivity index (χ4n) is 4.72. The first-order valence-electron chi connectivity index (χ1n) is 11.3. The number of ether oxygens (including phenoxy) is 2. The highest BCUT2D eigenvalue weighted by molar-refractivity contribution is 8.14. The Kier molecular flexibility index (Phi) is 5.93. The molecular formula is C23H30N4O3S. The number of likely N-dealkylation sites (tertiary alicyclic amines) is 1. The van der Waals surface area contributed by atoms with E-state index in [0.29, 0.717) is 18.1 Å². The molecule has 4 heterocycles. The average Bonchev–Trinajstić information content (AvgIpc) is 3.26. The van der Waals surface area contributed by atoms with Crippen molar-refractivity contribution in [2.75, 3.05) is 39.1 Å². The van der Waals surface area contributed by atoms with Crippen molar-refractivity contribution < 1.29 is 14.3 Å². The number of methoxy groups -OCH3 is 1. The standard InChI is InChI=1S/C23H30N4O3S/c1-15-4-8-26(9-5-15)7-3-10-30-20-12-17-18(13-19(20)29-2)24-14-27-21(17)25-22-16(23(27)28)6-11-31-22/h12-16,21H,3-11H2,1-2H3. The summed E-state index contributed by atoms with van der Waals surface area (Å²) in [5.41, 5.74) is 1.68. The van der Waals surface area contributed by atoms with Crippen LogP contribution in [0.3, 0.4) is 0 Å². The smallest absolute Gasteiger partial charge is 0.239 e. The van der Waals surface area contributed by atoms with E-state index in [-0.39, 0.29) is 18.0 Å². The molecule has 7 nitrogen and oxygen atoms in total. The fraction of sp³-hybridized carbons (Fsp3) is 0.609. The predicted molar refractivity (Wildman–Crippen MR) is 124 cm³/mol. The Morgan fingerprint density at radius 3 is 2.84 bits per heavy atom. The Hall–Kier alpha value is -2.06. The Morgan fingerprint density at radius 2 is 2.03 bits per heavy atom. The third-order valence-electron chi connectivity index (χ3n) is 6.68. The number of fused-ring (bicyclic) bond motifs is 4. The second-order valence-corrected chi connectivity index (χ2v) is 9.92. The number of hydrogen-bond acceptors (Lipinski definition) is 7. The molecule has 166 valence electrons. The minimum atomic E-state index is -0.361. The van der Waals surface area contributed by atoms with Crippen LogP contribution in [-0.2, 0) is 4.79 Å². The molecule has 1 amide bonds. The Morgan fingerprint density at radius 1 is 1.19 bits per heavy atom. The number of piperidine rings is 1. The van der Waals surface area contributed by atoms with Gasteiger partial charge in [-0.2, -0.15) is 0 Å². The highest BCUT2D eigenvalue weighted by atomic mass is 32.2. The quantitative estimate of drug-likeness (QED) is 0.626. The largest absolute Gasteiger partial charge is 0.493 e. The van der Waals surface area contributed by atoms with E-state index in [2.05, 4.69) is 16.8 Å². The van der Waals surface area contributed by atoms with Crippen LogP contribution in [0.5, 0.6) is 11.5 Å². The van der Waals surface area contributed by atoms with E-state index in [1.807, 2.05) is 12.1 Å². The van der Waals surface area contributed by atoms with Crippen LogP contribution in [0.4, 0.5) is 5.69 Å². The zero-order valence-corrected chi connectivity index (χ0v) is 19.1. The molecule has 2 saturated heterocycles. The molecule has 4 aliphatic heterocycles. The van der Waals surface area contributed by atoms with Gasteiger partial charge in [-0.05, 0) is 50.8 Å². The van der Waals surface area contributed by atoms with Crippen molar-refractivity contribution in [3.8, 4) is 11.5 Å². The first kappa shape index (κ1) is 20.8. The number of carbonyl (C=O) groups excluding carboxylic acids is 1. The number of rotatable bonds is 6. The zero-order valence-electron chi connectivity index (χ0n) is 18.2. The molecule has 0 radical (unpaired) electrons. The topological polar surface area (TPSA) is 66.7 Å². The van der Waals surface area contributed by atoms with Gasteiger partial charge in [-0.15, -0.1) is 11.8 Å². The monoisotopic (exact) mass is 442 g/mol. The molecule has 2 fully saturated rings. The molecule has 0 saturated carbocycles. The highest BCUT2D eigenvalue weighted by Gasteiger charge is 2.42. The molecule has 1 aromatic carbocycles. The molecule has 2 atom stereocenters. The van der Waals surface area contributed by atoms with Gasteiger partial charge >= 0.3 is 0 Å². The Bertz CT molecular complexity index is 910. The molecule has 5 rings (SSSR count). The maximum absolute atomic E-state index is 12.9. The van der Waals surface area contributed by atoms with Gasteiger partial charge in [0.15, 0.2) is 17.7 Å². The summed E-state index contributed by atoms with van der Waals surface area (Å²) in [7, 11) is 1.65. The molecule has 1 aromatic rings. The molecule has 8 heteroatoms. The van der Waals surface area contributed by atoms with Crippen molar-refractivity contribution in [2.45, 2.75) is 38.8 Å². The highest BCUT2D eigenvalue weighted by Crippen LogP contribution is 2.45. The molecule has 0 aliphatic carbocycles. The second kappa shape index (κ2) is 8.82. The summed E-state index contributed by atoms with van der Waals surface area (Å²) in [5.74, 6) is 3.16. The SMILES string of the molecule is COc1cc2c(cc1OCCCN1CCC(C)CC1)C1N=C3SCCC3C(=O)N1C=N2. The molecule has 0 bridgehead atoms. The molecule has 31 heavy (non-hydrogen) atoms. The predicted octanol–water partition coefficient (Wildman–Crippen LogP) is 3.86. The summed E-state index contributed by atoms with van der Waals surface area (Å²) in [5, 5.41) is 0.960. The van der Waals surface area contributed by atoms with Gasteiger partial charge in [0.2, 0.25) is 5.91 Å². The van der Waals surface area contributed by atoms with Crippen LogP contribution in [0, 0.1) is 11.8 Å². The number of thioether (sulfide) groups is 1. The molecule has 4 aliphatic rings. The van der Waals surface area contributed by atoms with Crippen molar-refractivity contribution in [1.29, 1.82) is 0 Å². The van der Waals surface area contributed by atoms with Gasteiger partial charge in [0.1, 0.15) is 0 Å². The maximum Gasteiger partial charge on any atom is 0.239 e.